The molecule has 0 aliphatic heterocycles. The SMILES string of the molecule is CC(=O)OC/C(=C\c1ccccc1)Cc1ccccc1. The van der Waals surface area contributed by atoms with E-state index in [1.807, 2.05) is 48.5 Å². The standard InChI is InChI=1S/C18H18O2/c1-15(19)20-14-18(12-16-8-4-2-5-9-16)13-17-10-6-3-7-11-17/h2-12H,13-14H2,1H3/b18-12-. The van der Waals surface area contributed by atoms with Gasteiger partial charge in [-0.2, -0.15) is 0 Å². The van der Waals surface area contributed by atoms with Crippen molar-refractivity contribution in [2.75, 3.05) is 6.61 Å². The van der Waals surface area contributed by atoms with Crippen LogP contribution in [0.4, 0.5) is 0 Å². The number of benzene rings is 2. The van der Waals surface area contributed by atoms with E-state index in [1.54, 1.807) is 0 Å². The Balaban J connectivity index is 2.16. The number of carbonyl (C=O) groups excluding carboxylic acids is 1. The number of hydrogen-bond acceptors (Lipinski definition) is 2. The minimum absolute atomic E-state index is 0.253. The predicted molar refractivity (Wildman–Crippen MR) is 81.2 cm³/mol. The summed E-state index contributed by atoms with van der Waals surface area (Å²) in [6.07, 6.45) is 2.86. The summed E-state index contributed by atoms with van der Waals surface area (Å²) in [6.45, 7) is 1.77. The van der Waals surface area contributed by atoms with E-state index in [0.29, 0.717) is 6.61 Å². The van der Waals surface area contributed by atoms with Crippen LogP contribution in [-0.4, -0.2) is 12.6 Å². The van der Waals surface area contributed by atoms with Gasteiger partial charge in [0.2, 0.25) is 0 Å². The molecule has 0 aliphatic carbocycles. The lowest BCUT2D eigenvalue weighted by Crippen LogP contribution is -2.05. The van der Waals surface area contributed by atoms with Gasteiger partial charge in [-0.05, 0) is 23.1 Å². The Morgan fingerprint density at radius 2 is 1.60 bits per heavy atom. The fraction of sp³-hybridized carbons (Fsp3) is 0.167. The summed E-state index contributed by atoms with van der Waals surface area (Å²) >= 11 is 0. The van der Waals surface area contributed by atoms with Crippen molar-refractivity contribution in [3.63, 3.8) is 0 Å². The van der Waals surface area contributed by atoms with Gasteiger partial charge in [-0.15, -0.1) is 0 Å². The zero-order valence-corrected chi connectivity index (χ0v) is 11.6. The molecule has 0 heterocycles. The Bertz CT molecular complexity index is 571. The maximum absolute atomic E-state index is 11.0. The molecule has 0 unspecified atom stereocenters. The summed E-state index contributed by atoms with van der Waals surface area (Å²) in [4.78, 5) is 11.0. The number of carbonyl (C=O) groups is 1. The highest BCUT2D eigenvalue weighted by Gasteiger charge is 2.03. The van der Waals surface area contributed by atoms with E-state index in [0.717, 1.165) is 17.6 Å². The topological polar surface area (TPSA) is 26.3 Å². The van der Waals surface area contributed by atoms with Crippen LogP contribution in [0.15, 0.2) is 66.2 Å². The molecule has 0 saturated heterocycles. The van der Waals surface area contributed by atoms with Crippen LogP contribution < -0.4 is 0 Å². The Labute approximate surface area is 119 Å². The second-order valence-corrected chi connectivity index (χ2v) is 4.66. The van der Waals surface area contributed by atoms with E-state index >= 15 is 0 Å². The number of esters is 1. The fourth-order valence-electron chi connectivity index (χ4n) is 1.98. The van der Waals surface area contributed by atoms with Crippen LogP contribution in [0, 0.1) is 0 Å². The second-order valence-electron chi connectivity index (χ2n) is 4.66. The van der Waals surface area contributed by atoms with Gasteiger partial charge >= 0.3 is 5.97 Å². The summed E-state index contributed by atoms with van der Waals surface area (Å²) in [6, 6.07) is 20.2. The maximum Gasteiger partial charge on any atom is 0.302 e. The molecule has 102 valence electrons. The van der Waals surface area contributed by atoms with Crippen molar-refractivity contribution in [1.29, 1.82) is 0 Å². The maximum atomic E-state index is 11.0. The summed E-state index contributed by atoms with van der Waals surface area (Å²) in [5.41, 5.74) is 3.41. The van der Waals surface area contributed by atoms with Gasteiger partial charge in [0.05, 0.1) is 0 Å². The van der Waals surface area contributed by atoms with Gasteiger partial charge in [0.25, 0.3) is 0 Å². The average Bonchev–Trinajstić information content (AvgIpc) is 2.47. The van der Waals surface area contributed by atoms with Crippen molar-refractivity contribution >= 4 is 12.0 Å². The number of rotatable bonds is 5. The van der Waals surface area contributed by atoms with E-state index in [2.05, 4.69) is 18.2 Å². The highest BCUT2D eigenvalue weighted by molar-refractivity contribution is 5.66. The van der Waals surface area contributed by atoms with Gasteiger partial charge < -0.3 is 4.74 Å². The zero-order valence-electron chi connectivity index (χ0n) is 11.6. The minimum atomic E-state index is -0.253. The first-order valence-corrected chi connectivity index (χ1v) is 6.66. The molecular formula is C18H18O2. The van der Waals surface area contributed by atoms with E-state index in [1.165, 1.54) is 12.5 Å². The monoisotopic (exact) mass is 266 g/mol. The first kappa shape index (κ1) is 14.1. The van der Waals surface area contributed by atoms with Gasteiger partial charge in [-0.25, -0.2) is 0 Å². The molecule has 0 N–H and O–H groups in total. The molecule has 0 radical (unpaired) electrons. The summed E-state index contributed by atoms with van der Waals surface area (Å²) in [5, 5.41) is 0. The van der Waals surface area contributed by atoms with E-state index < -0.39 is 0 Å². The molecule has 0 saturated carbocycles. The van der Waals surface area contributed by atoms with Crippen molar-refractivity contribution in [3.05, 3.63) is 77.4 Å². The van der Waals surface area contributed by atoms with Crippen LogP contribution in [0.25, 0.3) is 6.08 Å². The average molecular weight is 266 g/mol. The molecule has 2 nitrogen and oxygen atoms in total. The third-order valence-electron chi connectivity index (χ3n) is 2.91. The van der Waals surface area contributed by atoms with Crippen molar-refractivity contribution in [2.24, 2.45) is 0 Å². The molecule has 0 amide bonds. The van der Waals surface area contributed by atoms with Crippen molar-refractivity contribution < 1.29 is 9.53 Å². The molecule has 2 aromatic rings. The van der Waals surface area contributed by atoms with Crippen LogP contribution in [0.5, 0.6) is 0 Å². The third kappa shape index (κ3) is 4.73. The Hall–Kier alpha value is -2.35. The summed E-state index contributed by atoms with van der Waals surface area (Å²) in [7, 11) is 0. The highest BCUT2D eigenvalue weighted by Crippen LogP contribution is 2.13. The molecule has 0 spiro atoms. The molecule has 2 heteroatoms. The predicted octanol–water partition coefficient (Wildman–Crippen LogP) is 3.88. The first-order chi connectivity index (χ1) is 9.74. The zero-order chi connectivity index (χ0) is 14.2. The van der Waals surface area contributed by atoms with Crippen molar-refractivity contribution in [3.8, 4) is 0 Å². The molecule has 2 rings (SSSR count). The first-order valence-electron chi connectivity index (χ1n) is 6.66. The van der Waals surface area contributed by atoms with Crippen LogP contribution in [0.3, 0.4) is 0 Å². The lowest BCUT2D eigenvalue weighted by Gasteiger charge is -2.08. The van der Waals surface area contributed by atoms with Crippen molar-refractivity contribution in [2.45, 2.75) is 13.3 Å². The summed E-state index contributed by atoms with van der Waals surface area (Å²) < 4.78 is 5.14. The molecule has 0 aromatic heterocycles. The number of ether oxygens (including phenoxy) is 1. The van der Waals surface area contributed by atoms with Crippen molar-refractivity contribution in [1.82, 2.24) is 0 Å². The third-order valence-corrected chi connectivity index (χ3v) is 2.91. The second kappa shape index (κ2) is 7.29. The van der Waals surface area contributed by atoms with Crippen LogP contribution in [0.2, 0.25) is 0 Å². The molecule has 0 fully saturated rings. The Kier molecular flexibility index (Phi) is 5.13. The normalized spacial score (nSPS) is 11.2. The highest BCUT2D eigenvalue weighted by atomic mass is 16.5. The van der Waals surface area contributed by atoms with E-state index in [4.69, 9.17) is 4.74 Å². The molecular weight excluding hydrogens is 248 g/mol. The Morgan fingerprint density at radius 1 is 1.00 bits per heavy atom. The minimum Gasteiger partial charge on any atom is -0.461 e. The quantitative estimate of drug-likeness (QED) is 0.768. The van der Waals surface area contributed by atoms with Gasteiger partial charge in [-0.3, -0.25) is 4.79 Å². The van der Waals surface area contributed by atoms with E-state index in [-0.39, 0.29) is 5.97 Å². The molecule has 0 aliphatic rings. The lowest BCUT2D eigenvalue weighted by molar-refractivity contribution is -0.139. The fourth-order valence-corrected chi connectivity index (χ4v) is 1.98. The van der Waals surface area contributed by atoms with Gasteiger partial charge in [0.15, 0.2) is 0 Å². The largest absolute Gasteiger partial charge is 0.461 e. The van der Waals surface area contributed by atoms with Gasteiger partial charge in [-0.1, -0.05) is 66.7 Å². The van der Waals surface area contributed by atoms with Crippen LogP contribution in [-0.2, 0) is 16.0 Å². The van der Waals surface area contributed by atoms with E-state index in [9.17, 15) is 4.79 Å². The summed E-state index contributed by atoms with van der Waals surface area (Å²) in [5.74, 6) is -0.253. The molecule has 2 aromatic carbocycles. The molecule has 20 heavy (non-hydrogen) atoms. The van der Waals surface area contributed by atoms with Crippen LogP contribution >= 0.6 is 0 Å². The van der Waals surface area contributed by atoms with Gasteiger partial charge in [0, 0.05) is 6.92 Å². The molecule has 0 atom stereocenters. The Morgan fingerprint density at radius 3 is 2.20 bits per heavy atom. The number of hydrogen-bond donors (Lipinski definition) is 0. The van der Waals surface area contributed by atoms with Crippen LogP contribution in [0.1, 0.15) is 18.1 Å². The molecule has 0 bridgehead atoms. The smallest absolute Gasteiger partial charge is 0.302 e. The lowest BCUT2D eigenvalue weighted by atomic mass is 10.0. The van der Waals surface area contributed by atoms with Gasteiger partial charge in [0.1, 0.15) is 6.61 Å².